The number of fused-ring (bicyclic) bond motifs is 2. The minimum atomic E-state index is -0.927. The van der Waals surface area contributed by atoms with Crippen LogP contribution in [0.3, 0.4) is 0 Å². The topological polar surface area (TPSA) is 82.1 Å². The maximum atomic E-state index is 12.7. The fourth-order valence-corrected chi connectivity index (χ4v) is 8.47. The smallest absolute Gasteiger partial charge is 0.315 e. The van der Waals surface area contributed by atoms with Crippen LogP contribution in [0.25, 0.3) is 0 Å². The maximum absolute atomic E-state index is 12.7. The van der Waals surface area contributed by atoms with Gasteiger partial charge >= 0.3 is 11.9 Å². The van der Waals surface area contributed by atoms with E-state index in [0.717, 1.165) is 25.7 Å². The SMILES string of the molecule is CC(=O)OC1CC2C3(C)CCCC(C)(C)C3CCC23C(O)OC2OC(=O)C1C23. The van der Waals surface area contributed by atoms with Crippen molar-refractivity contribution in [3.8, 4) is 0 Å². The first-order valence-corrected chi connectivity index (χ1v) is 10.8. The quantitative estimate of drug-likeness (QED) is 0.691. The zero-order chi connectivity index (χ0) is 20.1. The van der Waals surface area contributed by atoms with E-state index in [-0.39, 0.29) is 34.6 Å². The van der Waals surface area contributed by atoms with Crippen molar-refractivity contribution in [1.82, 2.24) is 0 Å². The van der Waals surface area contributed by atoms with Crippen LogP contribution < -0.4 is 0 Å². The summed E-state index contributed by atoms with van der Waals surface area (Å²) in [5, 5.41) is 11.1. The molecule has 5 fully saturated rings. The highest BCUT2D eigenvalue weighted by Crippen LogP contribution is 2.73. The Labute approximate surface area is 166 Å². The predicted octanol–water partition coefficient (Wildman–Crippen LogP) is 3.01. The Hall–Kier alpha value is -1.14. The van der Waals surface area contributed by atoms with E-state index in [1.165, 1.54) is 13.3 Å². The van der Waals surface area contributed by atoms with Crippen LogP contribution in [0.5, 0.6) is 0 Å². The van der Waals surface area contributed by atoms with Gasteiger partial charge in [-0.1, -0.05) is 27.2 Å². The molecule has 0 aromatic heterocycles. The summed E-state index contributed by atoms with van der Waals surface area (Å²) in [6.45, 7) is 8.51. The average molecular weight is 392 g/mol. The molecule has 2 aliphatic heterocycles. The predicted molar refractivity (Wildman–Crippen MR) is 98.5 cm³/mol. The van der Waals surface area contributed by atoms with Gasteiger partial charge in [0.1, 0.15) is 12.0 Å². The van der Waals surface area contributed by atoms with E-state index in [0.29, 0.717) is 12.3 Å². The van der Waals surface area contributed by atoms with E-state index in [1.807, 2.05) is 0 Å². The monoisotopic (exact) mass is 392 g/mol. The lowest BCUT2D eigenvalue weighted by Gasteiger charge is -2.65. The summed E-state index contributed by atoms with van der Waals surface area (Å²) in [5.41, 5.74) is -0.223. The Kier molecular flexibility index (Phi) is 3.85. The summed E-state index contributed by atoms with van der Waals surface area (Å²) in [6, 6.07) is 0. The van der Waals surface area contributed by atoms with Gasteiger partial charge < -0.3 is 19.3 Å². The third-order valence-corrected chi connectivity index (χ3v) is 9.30. The molecule has 28 heavy (non-hydrogen) atoms. The Morgan fingerprint density at radius 3 is 2.64 bits per heavy atom. The molecule has 0 aromatic carbocycles. The molecule has 0 amide bonds. The molecule has 3 saturated carbocycles. The fourth-order valence-electron chi connectivity index (χ4n) is 8.47. The molecule has 1 spiro atoms. The number of aliphatic hydroxyl groups excluding tert-OH is 1. The van der Waals surface area contributed by atoms with Gasteiger partial charge in [-0.15, -0.1) is 0 Å². The van der Waals surface area contributed by atoms with Crippen molar-refractivity contribution in [3.63, 3.8) is 0 Å². The van der Waals surface area contributed by atoms with Crippen LogP contribution in [-0.4, -0.2) is 35.7 Å². The summed E-state index contributed by atoms with van der Waals surface area (Å²) in [4.78, 5) is 24.5. The molecule has 2 heterocycles. The molecule has 0 bridgehead atoms. The zero-order valence-electron chi connectivity index (χ0n) is 17.3. The molecular formula is C22H32O6. The molecule has 156 valence electrons. The third kappa shape index (κ3) is 2.16. The number of ether oxygens (including phenoxy) is 3. The standard InChI is InChI=1S/C22H32O6/c1-11(23)26-12-10-14-21(4)8-5-7-20(2,3)13(21)6-9-22(14)16-15(12)17(24)27-18(16)28-19(22)25/h12-16,18-19,25H,5-10H2,1-4H3. The van der Waals surface area contributed by atoms with Crippen LogP contribution in [0.2, 0.25) is 0 Å². The van der Waals surface area contributed by atoms with E-state index in [1.54, 1.807) is 0 Å². The molecule has 3 aliphatic carbocycles. The van der Waals surface area contributed by atoms with Crippen LogP contribution in [0.15, 0.2) is 0 Å². The lowest BCUT2D eigenvalue weighted by molar-refractivity contribution is -0.252. The van der Waals surface area contributed by atoms with E-state index in [9.17, 15) is 14.7 Å². The lowest BCUT2D eigenvalue weighted by Crippen LogP contribution is -2.64. The van der Waals surface area contributed by atoms with Gasteiger partial charge in [0.25, 0.3) is 0 Å². The number of rotatable bonds is 1. The van der Waals surface area contributed by atoms with Gasteiger partial charge in [0.05, 0.1) is 0 Å². The first-order chi connectivity index (χ1) is 13.1. The molecule has 6 nitrogen and oxygen atoms in total. The average Bonchev–Trinajstić information content (AvgIpc) is 3.04. The van der Waals surface area contributed by atoms with E-state index < -0.39 is 30.0 Å². The highest BCUT2D eigenvalue weighted by Gasteiger charge is 2.76. The van der Waals surface area contributed by atoms with Crippen molar-refractivity contribution in [1.29, 1.82) is 0 Å². The van der Waals surface area contributed by atoms with Gasteiger partial charge in [0.2, 0.25) is 6.29 Å². The highest BCUT2D eigenvalue weighted by atomic mass is 16.8. The molecule has 1 N–H and O–H groups in total. The Bertz CT molecular complexity index is 718. The van der Waals surface area contributed by atoms with Crippen LogP contribution in [0.1, 0.15) is 66.2 Å². The Balaban J connectivity index is 1.63. The molecule has 9 unspecified atom stereocenters. The van der Waals surface area contributed by atoms with E-state index in [2.05, 4.69) is 20.8 Å². The molecule has 5 aliphatic rings. The molecule has 0 aromatic rings. The Morgan fingerprint density at radius 2 is 1.93 bits per heavy atom. The number of aliphatic hydroxyl groups is 1. The summed E-state index contributed by atoms with van der Waals surface area (Å²) >= 11 is 0. The first kappa shape index (κ1) is 18.9. The van der Waals surface area contributed by atoms with Crippen LogP contribution in [-0.2, 0) is 23.8 Å². The second kappa shape index (κ2) is 5.72. The largest absolute Gasteiger partial charge is 0.462 e. The van der Waals surface area contributed by atoms with E-state index >= 15 is 0 Å². The van der Waals surface area contributed by atoms with Crippen molar-refractivity contribution < 1.29 is 28.9 Å². The number of carbonyl (C=O) groups is 2. The van der Waals surface area contributed by atoms with Crippen molar-refractivity contribution >= 4 is 11.9 Å². The first-order valence-electron chi connectivity index (χ1n) is 10.8. The van der Waals surface area contributed by atoms with Crippen LogP contribution >= 0.6 is 0 Å². The van der Waals surface area contributed by atoms with Crippen molar-refractivity contribution in [3.05, 3.63) is 0 Å². The summed E-state index contributed by atoms with van der Waals surface area (Å²) in [6.07, 6.45) is 3.81. The third-order valence-electron chi connectivity index (χ3n) is 9.30. The molecular weight excluding hydrogens is 360 g/mol. The number of hydrogen-bond donors (Lipinski definition) is 1. The second-order valence-electron chi connectivity index (χ2n) is 10.8. The van der Waals surface area contributed by atoms with Gasteiger partial charge in [-0.2, -0.15) is 0 Å². The van der Waals surface area contributed by atoms with Gasteiger partial charge in [-0.25, -0.2) is 0 Å². The van der Waals surface area contributed by atoms with Gasteiger partial charge in [-0.05, 0) is 54.8 Å². The normalized spacial score (nSPS) is 53.6. The number of carbonyl (C=O) groups excluding carboxylic acids is 2. The van der Waals surface area contributed by atoms with Crippen LogP contribution in [0.4, 0.5) is 0 Å². The zero-order valence-corrected chi connectivity index (χ0v) is 17.3. The summed E-state index contributed by atoms with van der Waals surface area (Å²) in [7, 11) is 0. The molecule has 5 rings (SSSR count). The second-order valence-corrected chi connectivity index (χ2v) is 10.8. The van der Waals surface area contributed by atoms with E-state index in [4.69, 9.17) is 14.2 Å². The highest BCUT2D eigenvalue weighted by molar-refractivity contribution is 5.77. The molecule has 9 atom stereocenters. The fraction of sp³-hybridized carbons (Fsp3) is 0.909. The van der Waals surface area contributed by atoms with Crippen molar-refractivity contribution in [2.24, 2.45) is 39.9 Å². The summed E-state index contributed by atoms with van der Waals surface area (Å²) in [5.74, 6) is -0.793. The minimum absolute atomic E-state index is 0.0221. The molecule has 0 radical (unpaired) electrons. The van der Waals surface area contributed by atoms with Gasteiger partial charge in [0.15, 0.2) is 6.29 Å². The van der Waals surface area contributed by atoms with Crippen molar-refractivity contribution in [2.45, 2.75) is 84.9 Å². The van der Waals surface area contributed by atoms with Crippen LogP contribution in [0, 0.1) is 39.9 Å². The minimum Gasteiger partial charge on any atom is -0.462 e. The molecule has 6 heteroatoms. The van der Waals surface area contributed by atoms with Gasteiger partial charge in [-0.3, -0.25) is 9.59 Å². The lowest BCUT2D eigenvalue weighted by atomic mass is 9.38. The van der Waals surface area contributed by atoms with Gasteiger partial charge in [0, 0.05) is 18.3 Å². The number of esters is 2. The maximum Gasteiger partial charge on any atom is 0.315 e. The number of hydrogen-bond acceptors (Lipinski definition) is 6. The summed E-state index contributed by atoms with van der Waals surface area (Å²) < 4.78 is 17.0. The van der Waals surface area contributed by atoms with Crippen molar-refractivity contribution in [2.75, 3.05) is 0 Å². The molecule has 2 saturated heterocycles. The Morgan fingerprint density at radius 1 is 1.18 bits per heavy atom.